The van der Waals surface area contributed by atoms with Crippen molar-refractivity contribution in [2.75, 3.05) is 0 Å². The van der Waals surface area contributed by atoms with Gasteiger partial charge >= 0.3 is 29.9 Å². The molecule has 0 heterocycles. The van der Waals surface area contributed by atoms with Crippen molar-refractivity contribution >= 4 is 5.97 Å². The third kappa shape index (κ3) is 7.23. The van der Waals surface area contributed by atoms with E-state index in [1.807, 2.05) is 0 Å². The molecule has 2 aliphatic carbocycles. The summed E-state index contributed by atoms with van der Waals surface area (Å²) in [6, 6.07) is 4.83. The summed E-state index contributed by atoms with van der Waals surface area (Å²) in [6.45, 7) is 2.21. The number of ether oxygens (including phenoxy) is 1. The Balaban J connectivity index is 1.47. The lowest BCUT2D eigenvalue weighted by Crippen LogP contribution is -2.60. The predicted molar refractivity (Wildman–Crippen MR) is 127 cm³/mol. The molecule has 2 aliphatic rings. The number of hydrogen-bond donors (Lipinski definition) is 0. The van der Waals surface area contributed by atoms with Crippen molar-refractivity contribution in [3.05, 3.63) is 29.8 Å². The summed E-state index contributed by atoms with van der Waals surface area (Å²) in [5.74, 6) is -17.6. The standard InChI is InChI=1S/C28H35F9O2/c1-2-3-18-4-8-20(9-5-18)21-10-12-22(13-11-21)24(38)39-23-14-6-19(7-15-23)16-17-25(29,30)26(31,32)27(33,34)28(35,36)37/h6-7,14-15,18,20-22H,2-5,8-13,16-17H2,1H3. The predicted octanol–water partition coefficient (Wildman–Crippen LogP) is 9.41. The van der Waals surface area contributed by atoms with Crippen molar-refractivity contribution in [3.63, 3.8) is 0 Å². The number of benzene rings is 1. The zero-order chi connectivity index (χ0) is 29.1. The molecule has 39 heavy (non-hydrogen) atoms. The molecule has 3 rings (SSSR count). The molecule has 2 fully saturated rings. The van der Waals surface area contributed by atoms with Crippen LogP contribution in [0.1, 0.15) is 83.1 Å². The van der Waals surface area contributed by atoms with Crippen LogP contribution in [0.5, 0.6) is 5.75 Å². The Morgan fingerprint density at radius 1 is 0.769 bits per heavy atom. The maximum Gasteiger partial charge on any atom is 0.460 e. The lowest BCUT2D eigenvalue weighted by Gasteiger charge is -2.37. The second-order valence-electron chi connectivity index (χ2n) is 11.1. The van der Waals surface area contributed by atoms with E-state index >= 15 is 0 Å². The minimum atomic E-state index is -6.89. The third-order valence-electron chi connectivity index (χ3n) is 8.44. The lowest BCUT2D eigenvalue weighted by atomic mass is 9.69. The first-order valence-electron chi connectivity index (χ1n) is 13.6. The van der Waals surface area contributed by atoms with Crippen LogP contribution in [0.15, 0.2) is 24.3 Å². The van der Waals surface area contributed by atoms with Gasteiger partial charge in [0.15, 0.2) is 0 Å². The summed E-state index contributed by atoms with van der Waals surface area (Å²) >= 11 is 0. The van der Waals surface area contributed by atoms with Crippen LogP contribution in [0, 0.1) is 23.7 Å². The molecule has 0 unspecified atom stereocenters. The van der Waals surface area contributed by atoms with Gasteiger partial charge in [-0.2, -0.15) is 39.5 Å². The summed E-state index contributed by atoms with van der Waals surface area (Å²) < 4.78 is 123. The normalized spacial score (nSPS) is 25.4. The average Bonchev–Trinajstić information content (AvgIpc) is 2.88. The first-order chi connectivity index (χ1) is 18.1. The molecule has 0 radical (unpaired) electrons. The highest BCUT2D eigenvalue weighted by Gasteiger charge is 2.81. The van der Waals surface area contributed by atoms with Crippen LogP contribution in [0.3, 0.4) is 0 Å². The van der Waals surface area contributed by atoms with Gasteiger partial charge < -0.3 is 4.74 Å². The largest absolute Gasteiger partial charge is 0.460 e. The zero-order valence-corrected chi connectivity index (χ0v) is 21.8. The minimum Gasteiger partial charge on any atom is -0.426 e. The number of carbonyl (C=O) groups excluding carboxylic acids is 1. The van der Waals surface area contributed by atoms with Crippen LogP contribution >= 0.6 is 0 Å². The van der Waals surface area contributed by atoms with Gasteiger partial charge in [0.25, 0.3) is 0 Å². The molecular formula is C28H35F9O2. The second kappa shape index (κ2) is 12.3. The Kier molecular flexibility index (Phi) is 9.95. The fourth-order valence-electron chi connectivity index (χ4n) is 5.97. The topological polar surface area (TPSA) is 26.3 Å². The Hall–Kier alpha value is -1.94. The van der Waals surface area contributed by atoms with Gasteiger partial charge in [-0.25, -0.2) is 0 Å². The van der Waals surface area contributed by atoms with E-state index in [1.54, 1.807) is 0 Å². The smallest absolute Gasteiger partial charge is 0.426 e. The van der Waals surface area contributed by atoms with Crippen LogP contribution in [0.2, 0.25) is 0 Å². The van der Waals surface area contributed by atoms with Gasteiger partial charge in [0.05, 0.1) is 5.92 Å². The molecule has 0 amide bonds. The third-order valence-corrected chi connectivity index (χ3v) is 8.44. The van der Waals surface area contributed by atoms with Gasteiger partial charge in [0, 0.05) is 6.42 Å². The molecule has 0 atom stereocenters. The molecule has 0 aliphatic heterocycles. The van der Waals surface area contributed by atoms with Crippen LogP contribution in [0.25, 0.3) is 0 Å². The molecule has 2 saturated carbocycles. The van der Waals surface area contributed by atoms with Crippen LogP contribution < -0.4 is 4.74 Å². The molecule has 0 bridgehead atoms. The van der Waals surface area contributed by atoms with Crippen molar-refractivity contribution in [2.24, 2.45) is 23.7 Å². The Labute approximate surface area is 222 Å². The molecular weight excluding hydrogens is 539 g/mol. The summed E-state index contributed by atoms with van der Waals surface area (Å²) in [5.41, 5.74) is -0.0187. The summed E-state index contributed by atoms with van der Waals surface area (Å²) in [5, 5.41) is 0. The van der Waals surface area contributed by atoms with E-state index in [9.17, 15) is 44.3 Å². The van der Waals surface area contributed by atoms with E-state index in [2.05, 4.69) is 6.92 Å². The number of hydrogen-bond acceptors (Lipinski definition) is 2. The second-order valence-corrected chi connectivity index (χ2v) is 11.1. The molecule has 222 valence electrons. The first-order valence-corrected chi connectivity index (χ1v) is 13.6. The average molecular weight is 575 g/mol. The summed E-state index contributed by atoms with van der Waals surface area (Å²) in [4.78, 5) is 12.6. The van der Waals surface area contributed by atoms with E-state index in [-0.39, 0.29) is 17.2 Å². The molecule has 11 heteroatoms. The molecule has 0 N–H and O–H groups in total. The van der Waals surface area contributed by atoms with Crippen LogP contribution in [0.4, 0.5) is 39.5 Å². The SMILES string of the molecule is CCCC1CCC(C2CCC(C(=O)Oc3ccc(CCC(F)(F)C(F)(F)C(F)(F)C(F)(F)F)cc3)CC2)CC1. The highest BCUT2D eigenvalue weighted by atomic mass is 19.4. The van der Waals surface area contributed by atoms with Crippen molar-refractivity contribution in [1.29, 1.82) is 0 Å². The summed E-state index contributed by atoms with van der Waals surface area (Å²) in [6.07, 6.45) is 1.20. The Bertz CT molecular complexity index is 927. The van der Waals surface area contributed by atoms with Gasteiger partial charge in [-0.15, -0.1) is 0 Å². The van der Waals surface area contributed by atoms with Gasteiger partial charge in [-0.3, -0.25) is 4.79 Å². The molecule has 1 aromatic rings. The quantitative estimate of drug-likeness (QED) is 0.158. The molecule has 1 aromatic carbocycles. The Morgan fingerprint density at radius 3 is 1.77 bits per heavy atom. The fourth-order valence-corrected chi connectivity index (χ4v) is 5.97. The van der Waals surface area contributed by atoms with E-state index in [4.69, 9.17) is 4.74 Å². The molecule has 0 aromatic heterocycles. The van der Waals surface area contributed by atoms with Crippen molar-refractivity contribution in [3.8, 4) is 5.75 Å². The van der Waals surface area contributed by atoms with Crippen LogP contribution in [-0.4, -0.2) is 29.9 Å². The Morgan fingerprint density at radius 2 is 1.28 bits per heavy atom. The summed E-state index contributed by atoms with van der Waals surface area (Å²) in [7, 11) is 0. The van der Waals surface area contributed by atoms with Gasteiger partial charge in [0.2, 0.25) is 0 Å². The number of halogens is 9. The maximum atomic E-state index is 13.8. The number of alkyl halides is 9. The highest BCUT2D eigenvalue weighted by Crippen LogP contribution is 2.54. The van der Waals surface area contributed by atoms with Gasteiger partial charge in [-0.1, -0.05) is 44.7 Å². The number of rotatable bonds is 10. The van der Waals surface area contributed by atoms with Crippen LogP contribution in [-0.2, 0) is 11.2 Å². The minimum absolute atomic E-state index is 0.0187. The molecule has 0 spiro atoms. The van der Waals surface area contributed by atoms with Crippen molar-refractivity contribution < 1.29 is 49.0 Å². The lowest BCUT2D eigenvalue weighted by molar-refractivity contribution is -0.396. The van der Waals surface area contributed by atoms with Gasteiger partial charge in [-0.05, 0) is 80.4 Å². The fraction of sp³-hybridized carbons (Fsp3) is 0.750. The monoisotopic (exact) mass is 574 g/mol. The first kappa shape index (κ1) is 31.6. The number of carbonyl (C=O) groups is 1. The number of aryl methyl sites for hydroxylation is 1. The van der Waals surface area contributed by atoms with E-state index in [0.29, 0.717) is 24.7 Å². The maximum absolute atomic E-state index is 13.8. The van der Waals surface area contributed by atoms with Gasteiger partial charge in [0.1, 0.15) is 5.75 Å². The van der Waals surface area contributed by atoms with Crippen molar-refractivity contribution in [1.82, 2.24) is 0 Å². The molecule has 2 nitrogen and oxygen atoms in total. The van der Waals surface area contributed by atoms with E-state index in [0.717, 1.165) is 18.8 Å². The molecule has 0 saturated heterocycles. The van der Waals surface area contributed by atoms with Crippen molar-refractivity contribution in [2.45, 2.75) is 108 Å². The zero-order valence-electron chi connectivity index (χ0n) is 21.8. The van der Waals surface area contributed by atoms with E-state index in [1.165, 1.54) is 62.8 Å². The number of esters is 1. The highest BCUT2D eigenvalue weighted by molar-refractivity contribution is 5.75. The van der Waals surface area contributed by atoms with E-state index < -0.39 is 42.8 Å².